The maximum absolute atomic E-state index is 13.8. The summed E-state index contributed by atoms with van der Waals surface area (Å²) in [7, 11) is 0. The molecule has 0 fully saturated rings. The molecule has 6 nitrogen and oxygen atoms in total. The standard InChI is InChI=1S/C18H16FN3O3/c1-12(23)21-14-6-7-16(19)15(10-14)18(24)25-9-8-22-17-5-3-2-4-13(17)11-20-22/h2-7,10-11H,8-9H2,1H3,(H,21,23). The first-order valence-corrected chi connectivity index (χ1v) is 7.69. The van der Waals surface area contributed by atoms with Crippen LogP contribution in [-0.4, -0.2) is 28.3 Å². The molecule has 3 aromatic rings. The molecule has 0 atom stereocenters. The van der Waals surface area contributed by atoms with E-state index in [2.05, 4.69) is 10.4 Å². The molecule has 0 bridgehead atoms. The van der Waals surface area contributed by atoms with Crippen LogP contribution in [0.25, 0.3) is 10.9 Å². The van der Waals surface area contributed by atoms with E-state index in [1.165, 1.54) is 19.1 Å². The number of aromatic nitrogens is 2. The number of para-hydroxylation sites is 1. The zero-order chi connectivity index (χ0) is 17.8. The molecule has 7 heteroatoms. The molecule has 0 saturated heterocycles. The minimum Gasteiger partial charge on any atom is -0.460 e. The number of nitrogens with zero attached hydrogens (tertiary/aromatic N) is 2. The Morgan fingerprint density at radius 2 is 2.04 bits per heavy atom. The molecular formula is C18H16FN3O3. The molecule has 25 heavy (non-hydrogen) atoms. The van der Waals surface area contributed by atoms with Crippen LogP contribution < -0.4 is 5.32 Å². The van der Waals surface area contributed by atoms with E-state index in [-0.39, 0.29) is 18.1 Å². The summed E-state index contributed by atoms with van der Waals surface area (Å²) in [5.74, 6) is -1.80. The highest BCUT2D eigenvalue weighted by molar-refractivity contribution is 5.94. The topological polar surface area (TPSA) is 73.2 Å². The molecule has 128 valence electrons. The smallest absolute Gasteiger partial charge is 0.341 e. The predicted octanol–water partition coefficient (Wildman–Crippen LogP) is 2.99. The number of carbonyl (C=O) groups excluding carboxylic acids is 2. The lowest BCUT2D eigenvalue weighted by atomic mass is 10.2. The summed E-state index contributed by atoms with van der Waals surface area (Å²) in [6.45, 7) is 1.73. The van der Waals surface area contributed by atoms with Crippen LogP contribution in [-0.2, 0) is 16.1 Å². The molecule has 0 aliphatic carbocycles. The predicted molar refractivity (Wildman–Crippen MR) is 90.7 cm³/mol. The number of esters is 1. The number of fused-ring (bicyclic) bond motifs is 1. The Kier molecular flexibility index (Phi) is 4.74. The molecular weight excluding hydrogens is 325 g/mol. The quantitative estimate of drug-likeness (QED) is 0.724. The number of hydrogen-bond donors (Lipinski definition) is 1. The summed E-state index contributed by atoms with van der Waals surface area (Å²) < 4.78 is 20.7. The van der Waals surface area contributed by atoms with Gasteiger partial charge in [-0.15, -0.1) is 0 Å². The monoisotopic (exact) mass is 341 g/mol. The van der Waals surface area contributed by atoms with Crippen LogP contribution in [0.2, 0.25) is 0 Å². The van der Waals surface area contributed by atoms with E-state index in [0.29, 0.717) is 12.2 Å². The number of carbonyl (C=O) groups is 2. The fourth-order valence-corrected chi connectivity index (χ4v) is 2.47. The molecule has 0 spiro atoms. The fourth-order valence-electron chi connectivity index (χ4n) is 2.47. The Morgan fingerprint density at radius 3 is 2.84 bits per heavy atom. The van der Waals surface area contributed by atoms with E-state index in [1.54, 1.807) is 10.9 Å². The van der Waals surface area contributed by atoms with Gasteiger partial charge in [-0.25, -0.2) is 9.18 Å². The molecule has 0 unspecified atom stereocenters. The lowest BCUT2D eigenvalue weighted by Crippen LogP contribution is -2.14. The van der Waals surface area contributed by atoms with E-state index in [4.69, 9.17) is 4.74 Å². The van der Waals surface area contributed by atoms with Crippen molar-refractivity contribution < 1.29 is 18.7 Å². The first-order valence-electron chi connectivity index (χ1n) is 7.69. The molecule has 0 radical (unpaired) electrons. The number of hydrogen-bond acceptors (Lipinski definition) is 4. The molecule has 0 aliphatic rings. The van der Waals surface area contributed by atoms with Crippen molar-refractivity contribution in [2.75, 3.05) is 11.9 Å². The lowest BCUT2D eigenvalue weighted by molar-refractivity contribution is -0.114. The van der Waals surface area contributed by atoms with Crippen molar-refractivity contribution in [3.05, 3.63) is 60.0 Å². The zero-order valence-electron chi connectivity index (χ0n) is 13.5. The van der Waals surface area contributed by atoms with E-state index in [1.807, 2.05) is 24.3 Å². The van der Waals surface area contributed by atoms with Crippen LogP contribution in [0.3, 0.4) is 0 Å². The Hall–Kier alpha value is -3.22. The SMILES string of the molecule is CC(=O)Nc1ccc(F)c(C(=O)OCCn2ncc3ccccc32)c1. The van der Waals surface area contributed by atoms with Crippen molar-refractivity contribution in [3.8, 4) is 0 Å². The van der Waals surface area contributed by atoms with Gasteiger partial charge in [0.05, 0.1) is 23.8 Å². The number of rotatable bonds is 5. The minimum absolute atomic E-state index is 0.0499. The van der Waals surface area contributed by atoms with E-state index >= 15 is 0 Å². The van der Waals surface area contributed by atoms with Gasteiger partial charge in [0.2, 0.25) is 5.91 Å². The van der Waals surface area contributed by atoms with Crippen LogP contribution in [0.4, 0.5) is 10.1 Å². The first-order chi connectivity index (χ1) is 12.0. The van der Waals surface area contributed by atoms with Crippen LogP contribution >= 0.6 is 0 Å². The Labute approximate surface area is 143 Å². The number of ether oxygens (including phenoxy) is 1. The molecule has 3 rings (SSSR count). The van der Waals surface area contributed by atoms with Crippen molar-refractivity contribution in [1.82, 2.24) is 9.78 Å². The number of anilines is 1. The highest BCUT2D eigenvalue weighted by Gasteiger charge is 2.15. The second-order valence-corrected chi connectivity index (χ2v) is 5.44. The maximum atomic E-state index is 13.8. The molecule has 0 aliphatic heterocycles. The highest BCUT2D eigenvalue weighted by Crippen LogP contribution is 2.16. The summed E-state index contributed by atoms with van der Waals surface area (Å²) in [6.07, 6.45) is 1.73. The van der Waals surface area contributed by atoms with Crippen molar-refractivity contribution in [2.24, 2.45) is 0 Å². The van der Waals surface area contributed by atoms with E-state index in [0.717, 1.165) is 17.0 Å². The third kappa shape index (κ3) is 3.82. The van der Waals surface area contributed by atoms with Crippen molar-refractivity contribution in [3.63, 3.8) is 0 Å². The lowest BCUT2D eigenvalue weighted by Gasteiger charge is -2.09. The van der Waals surface area contributed by atoms with Gasteiger partial charge in [0, 0.05) is 18.0 Å². The number of nitrogens with one attached hydrogen (secondary N) is 1. The van der Waals surface area contributed by atoms with Crippen molar-refractivity contribution >= 4 is 28.5 Å². The van der Waals surface area contributed by atoms with Crippen molar-refractivity contribution in [2.45, 2.75) is 13.5 Å². The van der Waals surface area contributed by atoms with Gasteiger partial charge in [0.1, 0.15) is 12.4 Å². The normalized spacial score (nSPS) is 10.6. The molecule has 0 saturated carbocycles. The average molecular weight is 341 g/mol. The minimum atomic E-state index is -0.791. The van der Waals surface area contributed by atoms with Gasteiger partial charge in [0.15, 0.2) is 0 Å². The Balaban J connectivity index is 1.65. The van der Waals surface area contributed by atoms with Gasteiger partial charge in [-0.1, -0.05) is 18.2 Å². The van der Waals surface area contributed by atoms with Crippen LogP contribution in [0.15, 0.2) is 48.7 Å². The molecule has 1 N–H and O–H groups in total. The summed E-state index contributed by atoms with van der Waals surface area (Å²) in [5.41, 5.74) is 1.04. The fraction of sp³-hybridized carbons (Fsp3) is 0.167. The van der Waals surface area contributed by atoms with Crippen LogP contribution in [0.1, 0.15) is 17.3 Å². The second kappa shape index (κ2) is 7.12. The van der Waals surface area contributed by atoms with Crippen LogP contribution in [0, 0.1) is 5.82 Å². The second-order valence-electron chi connectivity index (χ2n) is 5.44. The van der Waals surface area contributed by atoms with Crippen LogP contribution in [0.5, 0.6) is 0 Å². The van der Waals surface area contributed by atoms with Gasteiger partial charge in [0.25, 0.3) is 0 Å². The number of benzene rings is 2. The van der Waals surface area contributed by atoms with Gasteiger partial charge in [-0.05, 0) is 24.3 Å². The summed E-state index contributed by atoms with van der Waals surface area (Å²) in [6, 6.07) is 11.4. The highest BCUT2D eigenvalue weighted by atomic mass is 19.1. The summed E-state index contributed by atoms with van der Waals surface area (Å²) in [4.78, 5) is 23.2. The zero-order valence-corrected chi connectivity index (χ0v) is 13.5. The molecule has 2 aromatic carbocycles. The molecule has 1 aromatic heterocycles. The van der Waals surface area contributed by atoms with E-state index < -0.39 is 11.8 Å². The van der Waals surface area contributed by atoms with Gasteiger partial charge in [-0.3, -0.25) is 9.48 Å². The van der Waals surface area contributed by atoms with Gasteiger partial charge >= 0.3 is 5.97 Å². The van der Waals surface area contributed by atoms with Gasteiger partial charge < -0.3 is 10.1 Å². The largest absolute Gasteiger partial charge is 0.460 e. The molecule has 1 amide bonds. The third-order valence-corrected chi connectivity index (χ3v) is 3.59. The molecule has 1 heterocycles. The summed E-state index contributed by atoms with van der Waals surface area (Å²) >= 11 is 0. The first kappa shape index (κ1) is 16.6. The number of amides is 1. The van der Waals surface area contributed by atoms with Crippen molar-refractivity contribution in [1.29, 1.82) is 0 Å². The average Bonchev–Trinajstić information content (AvgIpc) is 2.99. The number of halogens is 1. The summed E-state index contributed by atoms with van der Waals surface area (Å²) in [5, 5.41) is 7.72. The maximum Gasteiger partial charge on any atom is 0.341 e. The van der Waals surface area contributed by atoms with Gasteiger partial charge in [-0.2, -0.15) is 5.10 Å². The van der Waals surface area contributed by atoms with E-state index in [9.17, 15) is 14.0 Å². The Morgan fingerprint density at radius 1 is 1.24 bits per heavy atom. The Bertz CT molecular complexity index is 936. The third-order valence-electron chi connectivity index (χ3n) is 3.59.